The number of rotatable bonds is 3. The molecular weight excluding hydrogens is 310 g/mol. The normalized spacial score (nSPS) is 11.3. The van der Waals surface area contributed by atoms with Gasteiger partial charge in [-0.2, -0.15) is 0 Å². The molecule has 0 aliphatic carbocycles. The zero-order chi connectivity index (χ0) is 16.5. The maximum Gasteiger partial charge on any atom is 0.413 e. The Hall–Kier alpha value is -2.42. The molecule has 2 aromatic heterocycles. The van der Waals surface area contributed by atoms with Crippen LogP contribution in [0.3, 0.4) is 0 Å². The van der Waals surface area contributed by atoms with Crippen molar-refractivity contribution < 1.29 is 24.0 Å². The van der Waals surface area contributed by atoms with E-state index in [2.05, 4.69) is 15.5 Å². The number of thiazole rings is 1. The number of ether oxygens (including phenoxy) is 1. The summed E-state index contributed by atoms with van der Waals surface area (Å²) in [5.74, 6) is -1.46. The highest BCUT2D eigenvalue weighted by molar-refractivity contribution is 7.19. The van der Waals surface area contributed by atoms with Gasteiger partial charge in [0.2, 0.25) is 5.76 Å². The largest absolute Gasteiger partial charge is 0.475 e. The first-order valence-corrected chi connectivity index (χ1v) is 7.15. The van der Waals surface area contributed by atoms with Crippen molar-refractivity contribution in [1.29, 1.82) is 0 Å². The first kappa shape index (κ1) is 16.0. The van der Waals surface area contributed by atoms with Gasteiger partial charge in [0.25, 0.3) is 0 Å². The number of hydrogen-bond acceptors (Lipinski definition) is 7. The first-order chi connectivity index (χ1) is 10.2. The molecule has 9 heteroatoms. The molecule has 0 radical (unpaired) electrons. The van der Waals surface area contributed by atoms with E-state index < -0.39 is 17.7 Å². The molecule has 0 saturated carbocycles. The number of carboxylic acids is 1. The minimum Gasteiger partial charge on any atom is -0.475 e. The lowest BCUT2D eigenvalue weighted by Gasteiger charge is -2.18. The predicted molar refractivity (Wildman–Crippen MR) is 79.2 cm³/mol. The molecule has 22 heavy (non-hydrogen) atoms. The second-order valence-electron chi connectivity index (χ2n) is 5.44. The smallest absolute Gasteiger partial charge is 0.413 e. The Kier molecular flexibility index (Phi) is 4.18. The molecule has 2 aromatic rings. The molecular formula is C13H15N3O5S. The van der Waals surface area contributed by atoms with E-state index in [0.717, 1.165) is 11.3 Å². The van der Waals surface area contributed by atoms with Gasteiger partial charge in [0.05, 0.1) is 10.6 Å². The molecule has 2 heterocycles. The van der Waals surface area contributed by atoms with E-state index in [4.69, 9.17) is 14.4 Å². The van der Waals surface area contributed by atoms with E-state index >= 15 is 0 Å². The summed E-state index contributed by atoms with van der Waals surface area (Å²) in [5, 5.41) is 15.4. The number of aromatic carboxylic acids is 1. The third-order valence-electron chi connectivity index (χ3n) is 2.36. The van der Waals surface area contributed by atoms with Gasteiger partial charge < -0.3 is 14.4 Å². The SMILES string of the molecule is Cc1nc(NC(=O)OC(C)(C)C)sc1-c1cc(C(=O)O)on1. The maximum atomic E-state index is 11.7. The molecule has 1 amide bonds. The Labute approximate surface area is 130 Å². The van der Waals surface area contributed by atoms with E-state index in [1.807, 2.05) is 0 Å². The lowest BCUT2D eigenvalue weighted by atomic mass is 10.2. The number of nitrogens with one attached hydrogen (secondary N) is 1. The monoisotopic (exact) mass is 325 g/mol. The van der Waals surface area contributed by atoms with Gasteiger partial charge in [-0.15, -0.1) is 0 Å². The number of carbonyl (C=O) groups is 2. The number of carboxylic acid groups (broad SMARTS) is 1. The average molecular weight is 325 g/mol. The van der Waals surface area contributed by atoms with Crippen molar-refractivity contribution >= 4 is 28.5 Å². The highest BCUT2D eigenvalue weighted by atomic mass is 32.1. The molecule has 118 valence electrons. The van der Waals surface area contributed by atoms with Crippen molar-refractivity contribution in [2.75, 3.05) is 5.32 Å². The minimum absolute atomic E-state index is 0.260. The summed E-state index contributed by atoms with van der Waals surface area (Å²) >= 11 is 1.15. The number of anilines is 1. The zero-order valence-electron chi connectivity index (χ0n) is 12.5. The van der Waals surface area contributed by atoms with Gasteiger partial charge in [-0.25, -0.2) is 14.6 Å². The lowest BCUT2D eigenvalue weighted by Crippen LogP contribution is -2.27. The number of aromatic nitrogens is 2. The number of hydrogen-bond donors (Lipinski definition) is 2. The van der Waals surface area contributed by atoms with E-state index in [0.29, 0.717) is 21.4 Å². The van der Waals surface area contributed by atoms with Crippen LogP contribution in [0.25, 0.3) is 10.6 Å². The summed E-state index contributed by atoms with van der Waals surface area (Å²) in [6.45, 7) is 7.00. The van der Waals surface area contributed by atoms with Crippen LogP contribution in [-0.2, 0) is 4.74 Å². The van der Waals surface area contributed by atoms with E-state index in [9.17, 15) is 9.59 Å². The van der Waals surface area contributed by atoms with Crippen molar-refractivity contribution in [3.8, 4) is 10.6 Å². The number of amides is 1. The maximum absolute atomic E-state index is 11.7. The van der Waals surface area contributed by atoms with Gasteiger partial charge >= 0.3 is 12.1 Å². The summed E-state index contributed by atoms with van der Waals surface area (Å²) in [5.41, 5.74) is 0.341. The minimum atomic E-state index is -1.20. The van der Waals surface area contributed by atoms with Crippen molar-refractivity contribution in [3.63, 3.8) is 0 Å². The molecule has 0 saturated heterocycles. The Morgan fingerprint density at radius 3 is 2.64 bits per heavy atom. The molecule has 0 aliphatic heterocycles. The van der Waals surface area contributed by atoms with Crippen LogP contribution < -0.4 is 5.32 Å². The highest BCUT2D eigenvalue weighted by Crippen LogP contribution is 2.32. The van der Waals surface area contributed by atoms with E-state index in [1.54, 1.807) is 27.7 Å². The standard InChI is InChI=1S/C13H15N3O5S/c1-6-9(7-5-8(10(17)18)21-16-7)22-11(14-6)15-12(19)20-13(2,3)4/h5H,1-4H3,(H,17,18)(H,14,15,19). The van der Waals surface area contributed by atoms with E-state index in [-0.39, 0.29) is 5.76 Å². The summed E-state index contributed by atoms with van der Waals surface area (Å²) in [7, 11) is 0. The topological polar surface area (TPSA) is 115 Å². The quantitative estimate of drug-likeness (QED) is 0.890. The summed E-state index contributed by atoms with van der Waals surface area (Å²) < 4.78 is 9.85. The molecule has 0 aromatic carbocycles. The molecule has 0 bridgehead atoms. The summed E-state index contributed by atoms with van der Waals surface area (Å²) in [6.07, 6.45) is -0.612. The van der Waals surface area contributed by atoms with Crippen LogP contribution in [0.2, 0.25) is 0 Å². The second kappa shape index (κ2) is 5.76. The van der Waals surface area contributed by atoms with Gasteiger partial charge in [0.1, 0.15) is 11.3 Å². The fourth-order valence-corrected chi connectivity index (χ4v) is 2.47. The Morgan fingerprint density at radius 2 is 2.09 bits per heavy atom. The fourth-order valence-electron chi connectivity index (χ4n) is 1.56. The molecule has 0 fully saturated rings. The number of aryl methyl sites for hydroxylation is 1. The molecule has 8 nitrogen and oxygen atoms in total. The van der Waals surface area contributed by atoms with Crippen molar-refractivity contribution in [2.45, 2.75) is 33.3 Å². The van der Waals surface area contributed by atoms with Crippen LogP contribution in [0.4, 0.5) is 9.93 Å². The number of carbonyl (C=O) groups excluding carboxylic acids is 1. The molecule has 0 unspecified atom stereocenters. The summed E-state index contributed by atoms with van der Waals surface area (Å²) in [4.78, 5) is 27.3. The zero-order valence-corrected chi connectivity index (χ0v) is 13.3. The van der Waals surface area contributed by atoms with Crippen molar-refractivity contribution in [1.82, 2.24) is 10.1 Å². The second-order valence-corrected chi connectivity index (χ2v) is 6.44. The summed E-state index contributed by atoms with van der Waals surface area (Å²) in [6, 6.07) is 1.31. The predicted octanol–water partition coefficient (Wildman–Crippen LogP) is 3.15. The van der Waals surface area contributed by atoms with Crippen LogP contribution >= 0.6 is 11.3 Å². The van der Waals surface area contributed by atoms with Crippen molar-refractivity contribution in [2.24, 2.45) is 0 Å². The molecule has 0 atom stereocenters. The molecule has 0 spiro atoms. The number of nitrogens with zero attached hydrogens (tertiary/aromatic N) is 2. The van der Waals surface area contributed by atoms with Crippen LogP contribution in [-0.4, -0.2) is 32.9 Å². The third-order valence-corrected chi connectivity index (χ3v) is 3.45. The molecule has 2 N–H and O–H groups in total. The van der Waals surface area contributed by atoms with Gasteiger partial charge in [-0.3, -0.25) is 5.32 Å². The van der Waals surface area contributed by atoms with Gasteiger partial charge in [-0.05, 0) is 27.7 Å². The van der Waals surface area contributed by atoms with Gasteiger partial charge in [0.15, 0.2) is 5.13 Å². The van der Waals surface area contributed by atoms with Crippen LogP contribution in [0.5, 0.6) is 0 Å². The van der Waals surface area contributed by atoms with Crippen LogP contribution in [0.1, 0.15) is 37.0 Å². The van der Waals surface area contributed by atoms with Gasteiger partial charge in [-0.1, -0.05) is 16.5 Å². The van der Waals surface area contributed by atoms with Gasteiger partial charge in [0, 0.05) is 6.07 Å². The lowest BCUT2D eigenvalue weighted by molar-refractivity contribution is 0.0630. The van der Waals surface area contributed by atoms with Crippen LogP contribution in [0.15, 0.2) is 10.6 Å². The Balaban J connectivity index is 2.17. The Morgan fingerprint density at radius 1 is 1.41 bits per heavy atom. The molecule has 2 rings (SSSR count). The fraction of sp³-hybridized carbons (Fsp3) is 0.385. The Bertz CT molecular complexity index is 714. The highest BCUT2D eigenvalue weighted by Gasteiger charge is 2.20. The van der Waals surface area contributed by atoms with Crippen molar-refractivity contribution in [3.05, 3.63) is 17.5 Å². The average Bonchev–Trinajstić information content (AvgIpc) is 2.93. The van der Waals surface area contributed by atoms with E-state index in [1.165, 1.54) is 6.07 Å². The molecule has 0 aliphatic rings. The first-order valence-electron chi connectivity index (χ1n) is 6.33. The third kappa shape index (κ3) is 3.82. The van der Waals surface area contributed by atoms with Crippen LogP contribution in [0, 0.1) is 6.92 Å².